The van der Waals surface area contributed by atoms with Gasteiger partial charge in [-0.15, -0.1) is 0 Å². The first-order valence-electron chi connectivity index (χ1n) is 8.87. The van der Waals surface area contributed by atoms with Crippen molar-refractivity contribution in [2.45, 2.75) is 12.8 Å². The number of carbonyl (C=O) groups is 1. The molecular weight excluding hydrogens is 360 g/mol. The van der Waals surface area contributed by atoms with E-state index >= 15 is 0 Å². The Bertz CT molecular complexity index is 1010. The van der Waals surface area contributed by atoms with E-state index in [1.165, 1.54) is 12.1 Å². The SMILES string of the molecule is COCOc1ccc(CCCNC(=O)c2cc3ccc(O)cc3oc2=N)cc1. The van der Waals surface area contributed by atoms with Crippen molar-refractivity contribution in [1.82, 2.24) is 5.32 Å². The Morgan fingerprint density at radius 3 is 2.71 bits per heavy atom. The molecule has 0 aliphatic heterocycles. The molecule has 0 atom stereocenters. The van der Waals surface area contributed by atoms with Crippen LogP contribution in [0.5, 0.6) is 11.5 Å². The summed E-state index contributed by atoms with van der Waals surface area (Å²) in [7, 11) is 1.57. The number of benzene rings is 2. The molecule has 146 valence electrons. The van der Waals surface area contributed by atoms with Crippen LogP contribution >= 0.6 is 0 Å². The third-order valence-corrected chi connectivity index (χ3v) is 4.19. The van der Waals surface area contributed by atoms with E-state index < -0.39 is 0 Å². The number of amides is 1. The van der Waals surface area contributed by atoms with Crippen LogP contribution in [0.4, 0.5) is 0 Å². The maximum Gasteiger partial charge on any atom is 0.256 e. The van der Waals surface area contributed by atoms with Crippen LogP contribution in [0.3, 0.4) is 0 Å². The molecule has 3 N–H and O–H groups in total. The minimum Gasteiger partial charge on any atom is -0.508 e. The van der Waals surface area contributed by atoms with Crippen LogP contribution in [0.2, 0.25) is 0 Å². The Labute approximate surface area is 162 Å². The highest BCUT2D eigenvalue weighted by atomic mass is 16.7. The number of ether oxygens (including phenoxy) is 2. The summed E-state index contributed by atoms with van der Waals surface area (Å²) in [4.78, 5) is 12.4. The van der Waals surface area contributed by atoms with Crippen LogP contribution in [0, 0.1) is 5.41 Å². The van der Waals surface area contributed by atoms with Crippen molar-refractivity contribution in [3.05, 3.63) is 65.2 Å². The first kappa shape index (κ1) is 19.4. The number of methoxy groups -OCH3 is 1. The monoisotopic (exact) mass is 382 g/mol. The van der Waals surface area contributed by atoms with E-state index in [4.69, 9.17) is 19.3 Å². The topological polar surface area (TPSA) is 105 Å². The molecule has 0 saturated heterocycles. The Balaban J connectivity index is 1.53. The van der Waals surface area contributed by atoms with E-state index in [2.05, 4.69) is 5.32 Å². The third kappa shape index (κ3) is 4.89. The molecule has 3 aromatic rings. The molecular formula is C21H22N2O5. The van der Waals surface area contributed by atoms with E-state index in [-0.39, 0.29) is 29.6 Å². The van der Waals surface area contributed by atoms with Gasteiger partial charge in [-0.2, -0.15) is 0 Å². The average molecular weight is 382 g/mol. The molecule has 7 heteroatoms. The van der Waals surface area contributed by atoms with Crippen LogP contribution in [-0.2, 0) is 11.2 Å². The number of carbonyl (C=O) groups excluding carboxylic acids is 1. The van der Waals surface area contributed by atoms with E-state index in [1.54, 1.807) is 19.2 Å². The molecule has 0 unspecified atom stereocenters. The summed E-state index contributed by atoms with van der Waals surface area (Å²) >= 11 is 0. The van der Waals surface area contributed by atoms with Gasteiger partial charge in [0, 0.05) is 25.1 Å². The van der Waals surface area contributed by atoms with Gasteiger partial charge in [-0.3, -0.25) is 10.2 Å². The molecule has 1 aromatic heterocycles. The van der Waals surface area contributed by atoms with Gasteiger partial charge >= 0.3 is 0 Å². The second-order valence-corrected chi connectivity index (χ2v) is 6.27. The van der Waals surface area contributed by atoms with Gasteiger partial charge in [-0.25, -0.2) is 0 Å². The maximum absolute atomic E-state index is 12.4. The minimum atomic E-state index is -0.355. The molecule has 0 fully saturated rings. The zero-order chi connectivity index (χ0) is 19.9. The standard InChI is InChI=1S/C21H22N2O5/c1-26-13-27-17-8-4-14(5-9-17)3-2-10-23-21(25)18-11-15-6-7-16(24)12-19(15)28-20(18)22/h4-9,11-12,22,24H,2-3,10,13H2,1H3,(H,23,25). The maximum atomic E-state index is 12.4. The molecule has 0 bridgehead atoms. The molecule has 28 heavy (non-hydrogen) atoms. The van der Waals surface area contributed by atoms with E-state index in [0.29, 0.717) is 17.5 Å². The summed E-state index contributed by atoms with van der Waals surface area (Å²) < 4.78 is 15.5. The second kappa shape index (κ2) is 9.05. The summed E-state index contributed by atoms with van der Waals surface area (Å²) in [6.07, 6.45) is 1.57. The van der Waals surface area contributed by atoms with Crippen molar-refractivity contribution >= 4 is 16.9 Å². The van der Waals surface area contributed by atoms with E-state index in [9.17, 15) is 9.90 Å². The highest BCUT2D eigenvalue weighted by Crippen LogP contribution is 2.19. The lowest BCUT2D eigenvalue weighted by Gasteiger charge is -2.08. The zero-order valence-electron chi connectivity index (χ0n) is 15.5. The largest absolute Gasteiger partial charge is 0.508 e. The molecule has 0 aliphatic carbocycles. The second-order valence-electron chi connectivity index (χ2n) is 6.27. The molecule has 0 saturated carbocycles. The van der Waals surface area contributed by atoms with Crippen LogP contribution in [0.15, 0.2) is 52.9 Å². The van der Waals surface area contributed by atoms with Crippen molar-refractivity contribution in [1.29, 1.82) is 5.41 Å². The van der Waals surface area contributed by atoms with Gasteiger partial charge in [0.25, 0.3) is 5.91 Å². The van der Waals surface area contributed by atoms with Crippen molar-refractivity contribution < 1.29 is 23.8 Å². The number of phenolic OH excluding ortho intramolecular Hbond substituents is 1. The fourth-order valence-corrected chi connectivity index (χ4v) is 2.75. The smallest absolute Gasteiger partial charge is 0.256 e. The Kier molecular flexibility index (Phi) is 6.29. The number of rotatable bonds is 8. The van der Waals surface area contributed by atoms with Gasteiger partial charge in [0.15, 0.2) is 6.79 Å². The van der Waals surface area contributed by atoms with Crippen molar-refractivity contribution in [2.24, 2.45) is 0 Å². The average Bonchev–Trinajstić information content (AvgIpc) is 2.69. The van der Waals surface area contributed by atoms with Crippen LogP contribution in [0.1, 0.15) is 22.3 Å². The van der Waals surface area contributed by atoms with Gasteiger partial charge < -0.3 is 24.3 Å². The Hall–Kier alpha value is -3.32. The number of nitrogens with one attached hydrogen (secondary N) is 2. The molecule has 1 amide bonds. The lowest BCUT2D eigenvalue weighted by Crippen LogP contribution is -2.29. The first-order valence-corrected chi connectivity index (χ1v) is 8.87. The van der Waals surface area contributed by atoms with Crippen molar-refractivity contribution in [2.75, 3.05) is 20.4 Å². The van der Waals surface area contributed by atoms with E-state index in [0.717, 1.165) is 24.2 Å². The lowest BCUT2D eigenvalue weighted by molar-refractivity contribution is 0.0511. The normalized spacial score (nSPS) is 10.8. The number of aryl methyl sites for hydroxylation is 1. The number of hydrogen-bond donors (Lipinski definition) is 3. The fourth-order valence-electron chi connectivity index (χ4n) is 2.75. The quantitative estimate of drug-likeness (QED) is 0.410. The van der Waals surface area contributed by atoms with Gasteiger partial charge in [0.2, 0.25) is 5.55 Å². The lowest BCUT2D eigenvalue weighted by atomic mass is 10.1. The third-order valence-electron chi connectivity index (χ3n) is 4.19. The van der Waals surface area contributed by atoms with Gasteiger partial charge in [0.1, 0.15) is 22.6 Å². The highest BCUT2D eigenvalue weighted by molar-refractivity contribution is 5.96. The zero-order valence-corrected chi connectivity index (χ0v) is 15.5. The highest BCUT2D eigenvalue weighted by Gasteiger charge is 2.11. The minimum absolute atomic E-state index is 0.0474. The summed E-state index contributed by atoms with van der Waals surface area (Å²) in [6, 6.07) is 13.9. The molecule has 2 aromatic carbocycles. The predicted molar refractivity (Wildman–Crippen MR) is 103 cm³/mol. The van der Waals surface area contributed by atoms with Gasteiger partial charge in [-0.1, -0.05) is 12.1 Å². The Morgan fingerprint density at radius 2 is 1.96 bits per heavy atom. The number of aromatic hydroxyl groups is 1. The number of phenols is 1. The molecule has 3 rings (SSSR count). The Morgan fingerprint density at radius 1 is 1.18 bits per heavy atom. The molecule has 0 aliphatic rings. The van der Waals surface area contributed by atoms with Crippen LogP contribution in [0.25, 0.3) is 11.0 Å². The molecule has 0 spiro atoms. The van der Waals surface area contributed by atoms with Gasteiger partial charge in [0.05, 0.1) is 0 Å². The fraction of sp³-hybridized carbons (Fsp3) is 0.238. The summed E-state index contributed by atoms with van der Waals surface area (Å²) in [5.41, 5.74) is 1.43. The summed E-state index contributed by atoms with van der Waals surface area (Å²) in [5, 5.41) is 20.8. The first-order chi connectivity index (χ1) is 13.6. The van der Waals surface area contributed by atoms with Crippen LogP contribution < -0.4 is 15.6 Å². The summed E-state index contributed by atoms with van der Waals surface area (Å²) in [6.45, 7) is 0.694. The number of fused-ring (bicyclic) bond motifs is 1. The van der Waals surface area contributed by atoms with E-state index in [1.807, 2.05) is 24.3 Å². The predicted octanol–water partition coefficient (Wildman–Crippen LogP) is 2.96. The molecule has 1 heterocycles. The number of hydrogen-bond acceptors (Lipinski definition) is 6. The summed E-state index contributed by atoms with van der Waals surface area (Å²) in [5.74, 6) is 0.438. The van der Waals surface area contributed by atoms with Gasteiger partial charge in [-0.05, 0) is 48.7 Å². The van der Waals surface area contributed by atoms with Crippen LogP contribution in [-0.4, -0.2) is 31.5 Å². The van der Waals surface area contributed by atoms with Crippen molar-refractivity contribution in [3.63, 3.8) is 0 Å². The molecule has 7 nitrogen and oxygen atoms in total. The van der Waals surface area contributed by atoms with Crippen molar-refractivity contribution in [3.8, 4) is 11.5 Å². The molecule has 0 radical (unpaired) electrons.